The molecule has 4 aromatic rings. The van der Waals surface area contributed by atoms with Crippen molar-refractivity contribution in [1.82, 2.24) is 9.99 Å². The first-order valence-corrected chi connectivity index (χ1v) is 10.6. The van der Waals surface area contributed by atoms with Gasteiger partial charge in [-0.25, -0.2) is 10.2 Å². The summed E-state index contributed by atoms with van der Waals surface area (Å²) in [6, 6.07) is 22.9. The van der Waals surface area contributed by atoms with E-state index in [0.29, 0.717) is 16.8 Å². The van der Waals surface area contributed by atoms with Crippen LogP contribution in [-0.2, 0) is 0 Å². The number of hydrazone groups is 1. The van der Waals surface area contributed by atoms with Gasteiger partial charge in [0.2, 0.25) is 0 Å². The molecule has 9 heteroatoms. The first-order chi connectivity index (χ1) is 16.9. The average molecular weight is 468 g/mol. The standard InChI is InChI=1S/C26H20N4O5/c1-18(27-28-25(31)21-8-2-4-10-23(21)29-16-6-7-17-29)19-12-14-20(15-13-19)35-26(32)22-9-3-5-11-24(22)30(33)34/h2-17H,1H3,(H,28,31)/b27-18+. The molecule has 0 spiro atoms. The Labute approximate surface area is 200 Å². The average Bonchev–Trinajstić information content (AvgIpc) is 3.42. The Morgan fingerprint density at radius 2 is 1.51 bits per heavy atom. The number of carbonyl (C=O) groups is 2. The van der Waals surface area contributed by atoms with Gasteiger partial charge in [-0.05, 0) is 67.1 Å². The quantitative estimate of drug-likeness (QED) is 0.138. The van der Waals surface area contributed by atoms with Crippen molar-refractivity contribution in [3.05, 3.63) is 124 Å². The van der Waals surface area contributed by atoms with E-state index < -0.39 is 10.9 Å². The van der Waals surface area contributed by atoms with E-state index in [0.717, 1.165) is 5.69 Å². The summed E-state index contributed by atoms with van der Waals surface area (Å²) in [5, 5.41) is 15.3. The van der Waals surface area contributed by atoms with Crippen LogP contribution in [0.4, 0.5) is 5.69 Å². The molecule has 0 aliphatic heterocycles. The molecule has 0 radical (unpaired) electrons. The first kappa shape index (κ1) is 23.1. The van der Waals surface area contributed by atoms with Crippen LogP contribution in [-0.4, -0.2) is 27.1 Å². The molecule has 0 unspecified atom stereocenters. The second kappa shape index (κ2) is 10.3. The third-order valence-corrected chi connectivity index (χ3v) is 5.16. The monoisotopic (exact) mass is 468 g/mol. The van der Waals surface area contributed by atoms with E-state index >= 15 is 0 Å². The minimum atomic E-state index is -0.830. The summed E-state index contributed by atoms with van der Waals surface area (Å²) in [5.74, 6) is -0.970. The second-order valence-corrected chi connectivity index (χ2v) is 7.43. The maximum Gasteiger partial charge on any atom is 0.350 e. The van der Waals surface area contributed by atoms with Gasteiger partial charge in [0, 0.05) is 18.5 Å². The summed E-state index contributed by atoms with van der Waals surface area (Å²) < 4.78 is 7.12. The van der Waals surface area contributed by atoms with Crippen LogP contribution in [0.25, 0.3) is 5.69 Å². The minimum Gasteiger partial charge on any atom is -0.423 e. The molecule has 0 atom stereocenters. The third-order valence-electron chi connectivity index (χ3n) is 5.16. The summed E-state index contributed by atoms with van der Waals surface area (Å²) in [6.07, 6.45) is 3.70. The predicted molar refractivity (Wildman–Crippen MR) is 130 cm³/mol. The molecule has 9 nitrogen and oxygen atoms in total. The van der Waals surface area contributed by atoms with Gasteiger partial charge < -0.3 is 9.30 Å². The zero-order valence-corrected chi connectivity index (χ0v) is 18.6. The van der Waals surface area contributed by atoms with E-state index in [9.17, 15) is 19.7 Å². The molecule has 174 valence electrons. The highest BCUT2D eigenvalue weighted by Gasteiger charge is 2.21. The van der Waals surface area contributed by atoms with Gasteiger partial charge in [0.1, 0.15) is 11.3 Å². The number of para-hydroxylation sites is 2. The summed E-state index contributed by atoms with van der Waals surface area (Å²) in [4.78, 5) is 35.6. The number of carbonyl (C=O) groups excluding carboxylic acids is 2. The number of aromatic nitrogens is 1. The van der Waals surface area contributed by atoms with Crippen LogP contribution in [0, 0.1) is 10.1 Å². The number of amides is 1. The van der Waals surface area contributed by atoms with Crippen molar-refractivity contribution >= 4 is 23.3 Å². The molecular weight excluding hydrogens is 448 g/mol. The smallest absolute Gasteiger partial charge is 0.350 e. The van der Waals surface area contributed by atoms with Crippen molar-refractivity contribution in [2.75, 3.05) is 0 Å². The molecule has 1 heterocycles. The number of esters is 1. The predicted octanol–water partition coefficient (Wildman–Crippen LogP) is 4.76. The van der Waals surface area contributed by atoms with Gasteiger partial charge in [0.25, 0.3) is 11.6 Å². The molecule has 0 aliphatic rings. The molecular formula is C26H20N4O5. The fourth-order valence-electron chi connectivity index (χ4n) is 3.38. The molecule has 1 N–H and O–H groups in total. The number of hydrogen-bond acceptors (Lipinski definition) is 6. The lowest BCUT2D eigenvalue weighted by Gasteiger charge is -2.10. The van der Waals surface area contributed by atoms with Gasteiger partial charge in [-0.15, -0.1) is 0 Å². The van der Waals surface area contributed by atoms with Crippen molar-refractivity contribution < 1.29 is 19.2 Å². The zero-order chi connectivity index (χ0) is 24.8. The van der Waals surface area contributed by atoms with Crippen LogP contribution in [0.2, 0.25) is 0 Å². The number of rotatable bonds is 7. The van der Waals surface area contributed by atoms with Crippen molar-refractivity contribution in [3.63, 3.8) is 0 Å². The van der Waals surface area contributed by atoms with Crippen molar-refractivity contribution in [2.24, 2.45) is 5.10 Å². The van der Waals surface area contributed by atoms with Gasteiger partial charge in [0.15, 0.2) is 0 Å². The minimum absolute atomic E-state index is 0.137. The molecule has 1 aromatic heterocycles. The fourth-order valence-corrected chi connectivity index (χ4v) is 3.38. The third kappa shape index (κ3) is 5.31. The summed E-state index contributed by atoms with van der Waals surface area (Å²) in [7, 11) is 0. The molecule has 0 aliphatic carbocycles. The number of nitro groups is 1. The summed E-state index contributed by atoms with van der Waals surface area (Å²) in [5.41, 5.74) is 4.53. The Hall–Kier alpha value is -5.05. The zero-order valence-electron chi connectivity index (χ0n) is 18.6. The SMILES string of the molecule is C/C(=N\NC(=O)c1ccccc1-n1cccc1)c1ccc(OC(=O)c2ccccc2[N+](=O)[O-])cc1. The van der Waals surface area contributed by atoms with Gasteiger partial charge in [-0.2, -0.15) is 5.10 Å². The molecule has 1 amide bonds. The number of ether oxygens (including phenoxy) is 1. The maximum absolute atomic E-state index is 12.7. The van der Waals surface area contributed by atoms with Crippen LogP contribution >= 0.6 is 0 Å². The Bertz CT molecular complexity index is 1410. The van der Waals surface area contributed by atoms with E-state index in [2.05, 4.69) is 10.5 Å². The Balaban J connectivity index is 1.44. The Morgan fingerprint density at radius 1 is 0.886 bits per heavy atom. The topological polar surface area (TPSA) is 116 Å². The molecule has 0 saturated carbocycles. The highest BCUT2D eigenvalue weighted by molar-refractivity contribution is 6.02. The van der Waals surface area contributed by atoms with E-state index in [1.807, 2.05) is 41.2 Å². The number of nitrogens with one attached hydrogen (secondary N) is 1. The number of nitrogens with zero attached hydrogens (tertiary/aromatic N) is 3. The Kier molecular flexibility index (Phi) is 6.78. The summed E-state index contributed by atoms with van der Waals surface area (Å²) in [6.45, 7) is 1.73. The van der Waals surface area contributed by atoms with Crippen molar-refractivity contribution in [2.45, 2.75) is 6.92 Å². The Morgan fingerprint density at radius 3 is 2.20 bits per heavy atom. The lowest BCUT2D eigenvalue weighted by molar-refractivity contribution is -0.385. The van der Waals surface area contributed by atoms with Crippen LogP contribution in [0.5, 0.6) is 5.75 Å². The lowest BCUT2D eigenvalue weighted by atomic mass is 10.1. The fraction of sp³-hybridized carbons (Fsp3) is 0.0385. The van der Waals surface area contributed by atoms with Crippen LogP contribution in [0.1, 0.15) is 33.2 Å². The highest BCUT2D eigenvalue weighted by Crippen LogP contribution is 2.21. The maximum atomic E-state index is 12.7. The van der Waals surface area contributed by atoms with Crippen molar-refractivity contribution in [1.29, 1.82) is 0 Å². The van der Waals surface area contributed by atoms with E-state index in [-0.39, 0.29) is 22.9 Å². The molecule has 4 rings (SSSR count). The van der Waals surface area contributed by atoms with Gasteiger partial charge in [-0.3, -0.25) is 14.9 Å². The number of hydrogen-bond donors (Lipinski definition) is 1. The van der Waals surface area contributed by atoms with E-state index in [1.165, 1.54) is 24.3 Å². The molecule has 3 aromatic carbocycles. The number of nitro benzene ring substituents is 1. The van der Waals surface area contributed by atoms with Crippen LogP contribution in [0.3, 0.4) is 0 Å². The summed E-state index contributed by atoms with van der Waals surface area (Å²) >= 11 is 0. The molecule has 0 bridgehead atoms. The first-order valence-electron chi connectivity index (χ1n) is 10.6. The van der Waals surface area contributed by atoms with Crippen LogP contribution in [0.15, 0.2) is 102 Å². The van der Waals surface area contributed by atoms with Crippen LogP contribution < -0.4 is 10.2 Å². The normalized spacial score (nSPS) is 11.1. The van der Waals surface area contributed by atoms with Gasteiger partial charge >= 0.3 is 5.97 Å². The van der Waals surface area contributed by atoms with E-state index in [4.69, 9.17) is 4.74 Å². The molecule has 0 saturated heterocycles. The van der Waals surface area contributed by atoms with E-state index in [1.54, 1.807) is 43.3 Å². The molecule has 35 heavy (non-hydrogen) atoms. The second-order valence-electron chi connectivity index (χ2n) is 7.43. The van der Waals surface area contributed by atoms with Gasteiger partial charge in [0.05, 0.1) is 21.9 Å². The molecule has 0 fully saturated rings. The van der Waals surface area contributed by atoms with Crippen molar-refractivity contribution in [3.8, 4) is 11.4 Å². The lowest BCUT2D eigenvalue weighted by Crippen LogP contribution is -2.21. The largest absolute Gasteiger partial charge is 0.423 e. The number of benzene rings is 3. The van der Waals surface area contributed by atoms with Gasteiger partial charge in [-0.1, -0.05) is 24.3 Å². The highest BCUT2D eigenvalue weighted by atomic mass is 16.6.